The van der Waals surface area contributed by atoms with Crippen LogP contribution in [0.4, 0.5) is 0 Å². The summed E-state index contributed by atoms with van der Waals surface area (Å²) in [5.41, 5.74) is 6.01. The van der Waals surface area contributed by atoms with Crippen LogP contribution >= 0.6 is 11.6 Å². The number of nitrogens with two attached hydrogens (primary N) is 1. The van der Waals surface area contributed by atoms with Gasteiger partial charge in [0.2, 0.25) is 0 Å². The van der Waals surface area contributed by atoms with Crippen molar-refractivity contribution >= 4 is 11.6 Å². The summed E-state index contributed by atoms with van der Waals surface area (Å²) in [7, 11) is 0. The molecule has 1 fully saturated rings. The van der Waals surface area contributed by atoms with Crippen LogP contribution in [0.15, 0.2) is 24.3 Å². The van der Waals surface area contributed by atoms with E-state index in [2.05, 4.69) is 0 Å². The number of hydrogen-bond acceptors (Lipinski definition) is 2. The van der Waals surface area contributed by atoms with Gasteiger partial charge in [0.05, 0.1) is 5.02 Å². The minimum atomic E-state index is 0.124. The molecule has 2 atom stereocenters. The van der Waals surface area contributed by atoms with Gasteiger partial charge in [-0.2, -0.15) is 0 Å². The molecule has 0 aliphatic heterocycles. The first-order valence-corrected chi connectivity index (χ1v) is 5.82. The molecule has 82 valence electrons. The van der Waals surface area contributed by atoms with Gasteiger partial charge in [-0.15, -0.1) is 0 Å². The second-order valence-corrected chi connectivity index (χ2v) is 4.44. The van der Waals surface area contributed by atoms with Crippen LogP contribution in [-0.4, -0.2) is 12.1 Å². The number of ether oxygens (including phenoxy) is 1. The van der Waals surface area contributed by atoms with E-state index in [1.54, 1.807) is 0 Å². The van der Waals surface area contributed by atoms with E-state index in [9.17, 15) is 0 Å². The Bertz CT molecular complexity index is 329. The Labute approximate surface area is 95.4 Å². The number of halogens is 1. The maximum absolute atomic E-state index is 6.03. The highest BCUT2D eigenvalue weighted by Crippen LogP contribution is 2.28. The van der Waals surface area contributed by atoms with Crippen LogP contribution in [0.25, 0.3) is 0 Å². The Hall–Kier alpha value is -0.730. The van der Waals surface area contributed by atoms with Crippen LogP contribution in [0.1, 0.15) is 25.7 Å². The summed E-state index contributed by atoms with van der Waals surface area (Å²) in [6, 6.07) is 7.70. The van der Waals surface area contributed by atoms with E-state index in [4.69, 9.17) is 22.1 Å². The van der Waals surface area contributed by atoms with Crippen molar-refractivity contribution in [2.24, 2.45) is 5.73 Å². The lowest BCUT2D eigenvalue weighted by atomic mass is 9.93. The predicted octanol–water partition coefficient (Wildman–Crippen LogP) is 2.99. The zero-order valence-corrected chi connectivity index (χ0v) is 9.41. The molecular formula is C12H16ClNO. The summed E-state index contributed by atoms with van der Waals surface area (Å²) in [6.45, 7) is 0. The predicted molar refractivity (Wildman–Crippen MR) is 62.3 cm³/mol. The van der Waals surface area contributed by atoms with Gasteiger partial charge in [0, 0.05) is 6.04 Å². The summed E-state index contributed by atoms with van der Waals surface area (Å²) in [5.74, 6) is 0.751. The molecule has 2 N–H and O–H groups in total. The topological polar surface area (TPSA) is 35.2 Å². The number of para-hydroxylation sites is 1. The lowest BCUT2D eigenvalue weighted by Crippen LogP contribution is -2.41. The van der Waals surface area contributed by atoms with E-state index in [1.807, 2.05) is 24.3 Å². The van der Waals surface area contributed by atoms with E-state index in [0.717, 1.165) is 18.6 Å². The van der Waals surface area contributed by atoms with Crippen LogP contribution < -0.4 is 10.5 Å². The molecule has 1 aliphatic carbocycles. The zero-order valence-electron chi connectivity index (χ0n) is 8.66. The molecular weight excluding hydrogens is 210 g/mol. The molecule has 0 radical (unpaired) electrons. The maximum Gasteiger partial charge on any atom is 0.138 e. The Kier molecular flexibility index (Phi) is 3.49. The molecule has 2 rings (SSSR count). The fraction of sp³-hybridized carbons (Fsp3) is 0.500. The molecule has 15 heavy (non-hydrogen) atoms. The van der Waals surface area contributed by atoms with Crippen molar-refractivity contribution in [3.8, 4) is 5.75 Å². The van der Waals surface area contributed by atoms with Gasteiger partial charge in [0.25, 0.3) is 0 Å². The number of rotatable bonds is 2. The van der Waals surface area contributed by atoms with Gasteiger partial charge in [-0.1, -0.05) is 30.2 Å². The first-order chi connectivity index (χ1) is 7.27. The van der Waals surface area contributed by atoms with E-state index < -0.39 is 0 Å². The van der Waals surface area contributed by atoms with Gasteiger partial charge >= 0.3 is 0 Å². The molecule has 1 aromatic rings. The lowest BCUT2D eigenvalue weighted by Gasteiger charge is -2.29. The first kappa shape index (κ1) is 10.8. The van der Waals surface area contributed by atoms with Crippen LogP contribution in [0.5, 0.6) is 5.75 Å². The standard InChI is InChI=1S/C12H16ClNO/c13-9-5-1-3-7-11(9)15-12-8-4-2-6-10(12)14/h1,3,5,7,10,12H,2,4,6,8,14H2/t10-,12+/m1/s1. The Morgan fingerprint density at radius 2 is 1.93 bits per heavy atom. The minimum Gasteiger partial charge on any atom is -0.487 e. The third kappa shape index (κ3) is 2.64. The molecule has 0 amide bonds. The van der Waals surface area contributed by atoms with Crippen molar-refractivity contribution in [2.45, 2.75) is 37.8 Å². The average Bonchev–Trinajstić information content (AvgIpc) is 2.24. The summed E-state index contributed by atoms with van der Waals surface area (Å²) >= 11 is 6.03. The van der Waals surface area contributed by atoms with Crippen LogP contribution in [0, 0.1) is 0 Å². The van der Waals surface area contributed by atoms with Crippen LogP contribution in [-0.2, 0) is 0 Å². The third-order valence-corrected chi connectivity index (χ3v) is 3.18. The SMILES string of the molecule is N[C@@H]1CCCC[C@@H]1Oc1ccccc1Cl. The maximum atomic E-state index is 6.03. The van der Waals surface area contributed by atoms with E-state index >= 15 is 0 Å². The highest BCUT2D eigenvalue weighted by Gasteiger charge is 2.23. The lowest BCUT2D eigenvalue weighted by molar-refractivity contribution is 0.132. The molecule has 1 saturated carbocycles. The first-order valence-electron chi connectivity index (χ1n) is 5.44. The van der Waals surface area contributed by atoms with Gasteiger partial charge in [-0.25, -0.2) is 0 Å². The van der Waals surface area contributed by atoms with Crippen molar-refractivity contribution in [2.75, 3.05) is 0 Å². The Morgan fingerprint density at radius 3 is 2.67 bits per heavy atom. The Morgan fingerprint density at radius 1 is 1.20 bits per heavy atom. The molecule has 1 aromatic carbocycles. The fourth-order valence-corrected chi connectivity index (χ4v) is 2.16. The van der Waals surface area contributed by atoms with Crippen molar-refractivity contribution in [3.63, 3.8) is 0 Å². The third-order valence-electron chi connectivity index (χ3n) is 2.87. The van der Waals surface area contributed by atoms with E-state index in [-0.39, 0.29) is 12.1 Å². The molecule has 0 spiro atoms. The minimum absolute atomic E-state index is 0.124. The average molecular weight is 226 g/mol. The van der Waals surface area contributed by atoms with Gasteiger partial charge in [0.15, 0.2) is 0 Å². The van der Waals surface area contributed by atoms with Crippen molar-refractivity contribution < 1.29 is 4.74 Å². The summed E-state index contributed by atoms with van der Waals surface area (Å²) < 4.78 is 5.84. The van der Waals surface area contributed by atoms with Gasteiger partial charge < -0.3 is 10.5 Å². The van der Waals surface area contributed by atoms with Crippen molar-refractivity contribution in [1.29, 1.82) is 0 Å². The van der Waals surface area contributed by atoms with Gasteiger partial charge in [-0.05, 0) is 31.4 Å². The second-order valence-electron chi connectivity index (χ2n) is 4.04. The van der Waals surface area contributed by atoms with E-state index in [0.29, 0.717) is 5.02 Å². The molecule has 0 unspecified atom stereocenters. The van der Waals surface area contributed by atoms with Crippen LogP contribution in [0.2, 0.25) is 5.02 Å². The Balaban J connectivity index is 2.04. The summed E-state index contributed by atoms with van der Waals surface area (Å²) in [4.78, 5) is 0. The highest BCUT2D eigenvalue weighted by atomic mass is 35.5. The molecule has 0 saturated heterocycles. The molecule has 0 heterocycles. The summed E-state index contributed by atoms with van der Waals surface area (Å²) in [6.07, 6.45) is 4.62. The highest BCUT2D eigenvalue weighted by molar-refractivity contribution is 6.32. The van der Waals surface area contributed by atoms with Crippen LogP contribution in [0.3, 0.4) is 0 Å². The molecule has 1 aliphatic rings. The van der Waals surface area contributed by atoms with E-state index in [1.165, 1.54) is 12.8 Å². The van der Waals surface area contributed by atoms with Gasteiger partial charge in [0.1, 0.15) is 11.9 Å². The molecule has 0 bridgehead atoms. The normalized spacial score (nSPS) is 26.3. The van der Waals surface area contributed by atoms with Crippen molar-refractivity contribution in [1.82, 2.24) is 0 Å². The largest absolute Gasteiger partial charge is 0.487 e. The summed E-state index contributed by atoms with van der Waals surface area (Å²) in [5, 5.41) is 0.662. The zero-order chi connectivity index (χ0) is 10.7. The molecule has 2 nitrogen and oxygen atoms in total. The quantitative estimate of drug-likeness (QED) is 0.840. The molecule has 0 aromatic heterocycles. The number of benzene rings is 1. The number of hydrogen-bond donors (Lipinski definition) is 1. The molecule has 3 heteroatoms. The smallest absolute Gasteiger partial charge is 0.138 e. The monoisotopic (exact) mass is 225 g/mol. The van der Waals surface area contributed by atoms with Gasteiger partial charge in [-0.3, -0.25) is 0 Å². The van der Waals surface area contributed by atoms with Crippen molar-refractivity contribution in [3.05, 3.63) is 29.3 Å². The fourth-order valence-electron chi connectivity index (χ4n) is 1.98. The second kappa shape index (κ2) is 4.86.